The van der Waals surface area contributed by atoms with Gasteiger partial charge in [0.2, 0.25) is 0 Å². The zero-order chi connectivity index (χ0) is 16.5. The lowest BCUT2D eigenvalue weighted by Crippen LogP contribution is -2.38. The van der Waals surface area contributed by atoms with Gasteiger partial charge < -0.3 is 15.7 Å². The molecular formula is C18H26IN3OS. The Bertz CT molecular complexity index is 616. The fraction of sp³-hybridized carbons (Fsp3) is 0.389. The van der Waals surface area contributed by atoms with Crippen LogP contribution in [0.1, 0.15) is 34.8 Å². The van der Waals surface area contributed by atoms with Gasteiger partial charge in [0.15, 0.2) is 5.96 Å². The molecule has 6 heteroatoms. The number of aryl methyl sites for hydroxylation is 1. The second-order valence-electron chi connectivity index (χ2n) is 5.35. The van der Waals surface area contributed by atoms with Gasteiger partial charge in [0, 0.05) is 22.8 Å². The Kier molecular flexibility index (Phi) is 9.97. The first-order chi connectivity index (χ1) is 11.2. The third kappa shape index (κ3) is 7.19. The molecule has 2 rings (SSSR count). The van der Waals surface area contributed by atoms with E-state index in [4.69, 9.17) is 0 Å². The highest BCUT2D eigenvalue weighted by Gasteiger charge is 2.07. The van der Waals surface area contributed by atoms with Gasteiger partial charge >= 0.3 is 0 Å². The van der Waals surface area contributed by atoms with E-state index in [9.17, 15) is 5.11 Å². The van der Waals surface area contributed by atoms with Gasteiger partial charge in [-0.3, -0.25) is 0 Å². The predicted octanol–water partition coefficient (Wildman–Crippen LogP) is 3.85. The molecule has 0 saturated carbocycles. The van der Waals surface area contributed by atoms with Crippen molar-refractivity contribution >= 4 is 41.3 Å². The van der Waals surface area contributed by atoms with E-state index in [0.29, 0.717) is 19.5 Å². The third-order valence-electron chi connectivity index (χ3n) is 3.43. The zero-order valence-corrected chi connectivity index (χ0v) is 17.3. The molecule has 0 aliphatic heterocycles. The molecule has 1 aromatic heterocycles. The molecule has 0 bridgehead atoms. The summed E-state index contributed by atoms with van der Waals surface area (Å²) in [6, 6.07) is 14.0. The molecule has 0 aliphatic rings. The Balaban J connectivity index is 0.00000288. The highest BCUT2D eigenvalue weighted by molar-refractivity contribution is 14.0. The van der Waals surface area contributed by atoms with Gasteiger partial charge in [0.05, 0.1) is 12.6 Å². The Hall–Kier alpha value is -1.12. The number of rotatable bonds is 7. The molecule has 1 aromatic carbocycles. The molecule has 1 heterocycles. The van der Waals surface area contributed by atoms with Crippen LogP contribution in [0.3, 0.4) is 0 Å². The number of nitrogens with one attached hydrogen (secondary N) is 2. The van der Waals surface area contributed by atoms with Crippen molar-refractivity contribution in [3.63, 3.8) is 0 Å². The normalized spacial score (nSPS) is 12.4. The average molecular weight is 459 g/mol. The summed E-state index contributed by atoms with van der Waals surface area (Å²) in [7, 11) is 0. The molecule has 0 saturated heterocycles. The van der Waals surface area contributed by atoms with Crippen LogP contribution in [-0.2, 0) is 6.54 Å². The van der Waals surface area contributed by atoms with Crippen LogP contribution in [0.5, 0.6) is 0 Å². The van der Waals surface area contributed by atoms with Crippen LogP contribution in [0.2, 0.25) is 0 Å². The van der Waals surface area contributed by atoms with Crippen LogP contribution in [0, 0.1) is 6.92 Å². The van der Waals surface area contributed by atoms with E-state index in [-0.39, 0.29) is 24.0 Å². The van der Waals surface area contributed by atoms with Crippen LogP contribution in [0.25, 0.3) is 0 Å². The molecule has 132 valence electrons. The number of nitrogens with zero attached hydrogens (tertiary/aromatic N) is 1. The molecule has 0 aliphatic carbocycles. The second-order valence-corrected chi connectivity index (χ2v) is 6.72. The predicted molar refractivity (Wildman–Crippen MR) is 113 cm³/mol. The number of guanidine groups is 1. The van der Waals surface area contributed by atoms with Gasteiger partial charge in [0.1, 0.15) is 0 Å². The number of aliphatic hydroxyl groups excluding tert-OH is 1. The minimum atomic E-state index is -0.452. The summed E-state index contributed by atoms with van der Waals surface area (Å²) < 4.78 is 0. The van der Waals surface area contributed by atoms with E-state index in [1.54, 1.807) is 11.3 Å². The highest BCUT2D eigenvalue weighted by Crippen LogP contribution is 2.16. The molecule has 24 heavy (non-hydrogen) atoms. The van der Waals surface area contributed by atoms with Gasteiger partial charge in [-0.05, 0) is 38.0 Å². The first-order valence-electron chi connectivity index (χ1n) is 7.99. The zero-order valence-electron chi connectivity index (χ0n) is 14.2. The standard InChI is InChI=1S/C18H25N3OS.HI/c1-3-19-18(21-13-16-10-9-14(2)23-16)20-12-11-17(22)15-7-5-4-6-8-15;/h4-10,17,22H,3,11-13H2,1-2H3,(H2,19,20,21);1H. The van der Waals surface area contributed by atoms with Crippen LogP contribution < -0.4 is 10.6 Å². The summed E-state index contributed by atoms with van der Waals surface area (Å²) in [5.74, 6) is 0.791. The number of halogens is 1. The third-order valence-corrected chi connectivity index (χ3v) is 4.41. The van der Waals surface area contributed by atoms with E-state index in [2.05, 4.69) is 34.7 Å². The van der Waals surface area contributed by atoms with Crippen molar-refractivity contribution in [3.05, 3.63) is 57.8 Å². The first-order valence-corrected chi connectivity index (χ1v) is 8.81. The number of hydrogen-bond donors (Lipinski definition) is 3. The molecule has 0 spiro atoms. The maximum absolute atomic E-state index is 10.2. The van der Waals surface area contributed by atoms with Crippen LogP contribution in [0.4, 0.5) is 0 Å². The van der Waals surface area contributed by atoms with Crippen molar-refractivity contribution in [3.8, 4) is 0 Å². The fourth-order valence-electron chi connectivity index (χ4n) is 2.24. The summed E-state index contributed by atoms with van der Waals surface area (Å²) in [5.41, 5.74) is 0.949. The summed E-state index contributed by atoms with van der Waals surface area (Å²) in [4.78, 5) is 7.15. The summed E-state index contributed by atoms with van der Waals surface area (Å²) in [6.07, 6.45) is 0.193. The van der Waals surface area contributed by atoms with Crippen molar-refractivity contribution in [2.75, 3.05) is 13.1 Å². The molecule has 0 amide bonds. The number of aliphatic hydroxyl groups is 1. The van der Waals surface area contributed by atoms with Gasteiger partial charge in [0.25, 0.3) is 0 Å². The van der Waals surface area contributed by atoms with Crippen molar-refractivity contribution < 1.29 is 5.11 Å². The molecule has 0 fully saturated rings. The molecule has 2 aromatic rings. The minimum absolute atomic E-state index is 0. The quantitative estimate of drug-likeness (QED) is 0.335. The topological polar surface area (TPSA) is 56.7 Å². The SMILES string of the molecule is CCNC(=NCc1ccc(C)s1)NCCC(O)c1ccccc1.I. The van der Waals surface area contributed by atoms with Gasteiger partial charge in [-0.2, -0.15) is 0 Å². The maximum Gasteiger partial charge on any atom is 0.191 e. The lowest BCUT2D eigenvalue weighted by Gasteiger charge is -2.14. The molecule has 3 N–H and O–H groups in total. The molecular weight excluding hydrogens is 433 g/mol. The number of thiophene rings is 1. The first kappa shape index (κ1) is 20.9. The Morgan fingerprint density at radius 1 is 1.17 bits per heavy atom. The number of benzene rings is 1. The van der Waals surface area contributed by atoms with Crippen molar-refractivity contribution in [2.24, 2.45) is 4.99 Å². The van der Waals surface area contributed by atoms with Crippen molar-refractivity contribution in [1.29, 1.82) is 0 Å². The second kappa shape index (κ2) is 11.4. The van der Waals surface area contributed by atoms with E-state index >= 15 is 0 Å². The van der Waals surface area contributed by atoms with Crippen molar-refractivity contribution in [2.45, 2.75) is 32.9 Å². The summed E-state index contributed by atoms with van der Waals surface area (Å²) in [5, 5.41) is 16.7. The molecule has 1 atom stereocenters. The Labute approximate surface area is 165 Å². The van der Waals surface area contributed by atoms with Gasteiger partial charge in [-0.15, -0.1) is 35.3 Å². The highest BCUT2D eigenvalue weighted by atomic mass is 127. The Morgan fingerprint density at radius 3 is 2.54 bits per heavy atom. The number of aliphatic imine (C=N–C) groups is 1. The number of hydrogen-bond acceptors (Lipinski definition) is 3. The van der Waals surface area contributed by atoms with Gasteiger partial charge in [-0.1, -0.05) is 30.3 Å². The smallest absolute Gasteiger partial charge is 0.191 e. The monoisotopic (exact) mass is 459 g/mol. The maximum atomic E-state index is 10.2. The fourth-order valence-corrected chi connectivity index (χ4v) is 3.05. The summed E-state index contributed by atoms with van der Waals surface area (Å²) in [6.45, 7) is 6.31. The van der Waals surface area contributed by atoms with Crippen LogP contribution in [0.15, 0.2) is 47.5 Å². The van der Waals surface area contributed by atoms with Gasteiger partial charge in [-0.25, -0.2) is 4.99 Å². The molecule has 1 unspecified atom stereocenters. The molecule has 0 radical (unpaired) electrons. The van der Waals surface area contributed by atoms with Crippen LogP contribution in [-0.4, -0.2) is 24.2 Å². The van der Waals surface area contributed by atoms with E-state index in [0.717, 1.165) is 18.1 Å². The molecule has 4 nitrogen and oxygen atoms in total. The largest absolute Gasteiger partial charge is 0.388 e. The van der Waals surface area contributed by atoms with E-state index in [1.165, 1.54) is 9.75 Å². The van der Waals surface area contributed by atoms with E-state index < -0.39 is 6.10 Å². The average Bonchev–Trinajstić information content (AvgIpc) is 2.99. The lowest BCUT2D eigenvalue weighted by molar-refractivity contribution is 0.168. The van der Waals surface area contributed by atoms with Crippen LogP contribution >= 0.6 is 35.3 Å². The van der Waals surface area contributed by atoms with E-state index in [1.807, 2.05) is 37.3 Å². The Morgan fingerprint density at radius 2 is 1.92 bits per heavy atom. The lowest BCUT2D eigenvalue weighted by atomic mass is 10.1. The minimum Gasteiger partial charge on any atom is -0.388 e. The summed E-state index contributed by atoms with van der Waals surface area (Å²) >= 11 is 1.77. The van der Waals surface area contributed by atoms with Crippen molar-refractivity contribution in [1.82, 2.24) is 10.6 Å².